The largest absolute Gasteiger partial charge is 0.490 e. The number of fused-ring (bicyclic) bond motifs is 1. The van der Waals surface area contributed by atoms with E-state index in [0.717, 1.165) is 18.9 Å². The number of ether oxygens (including phenoxy) is 2. The number of nitrogens with two attached hydrogens (primary N) is 1. The van der Waals surface area contributed by atoms with Crippen LogP contribution in [-0.2, 0) is 9.53 Å². The van der Waals surface area contributed by atoms with Gasteiger partial charge in [-0.25, -0.2) is 18.4 Å². The van der Waals surface area contributed by atoms with Gasteiger partial charge >= 0.3 is 12.1 Å². The summed E-state index contributed by atoms with van der Waals surface area (Å²) in [4.78, 5) is 51.3. The molecule has 2 unspecified atom stereocenters. The second-order valence-corrected chi connectivity index (χ2v) is 11.7. The molecule has 11 nitrogen and oxygen atoms in total. The number of aromatic nitrogens is 1. The molecule has 2 aliphatic heterocycles. The van der Waals surface area contributed by atoms with Gasteiger partial charge < -0.3 is 29.8 Å². The third-order valence-electron chi connectivity index (χ3n) is 8.63. The lowest BCUT2D eigenvalue weighted by molar-refractivity contribution is -0.120. The van der Waals surface area contributed by atoms with E-state index in [-0.39, 0.29) is 53.3 Å². The van der Waals surface area contributed by atoms with E-state index in [1.807, 2.05) is 4.90 Å². The molecule has 1 amide bonds. The smallest absolute Gasteiger partial charge is 0.414 e. The quantitative estimate of drug-likeness (QED) is 0.369. The number of benzene rings is 2. The second-order valence-electron chi connectivity index (χ2n) is 11.7. The van der Waals surface area contributed by atoms with Gasteiger partial charge in [0.15, 0.2) is 11.6 Å². The van der Waals surface area contributed by atoms with Gasteiger partial charge in [-0.15, -0.1) is 0 Å². The summed E-state index contributed by atoms with van der Waals surface area (Å²) in [6.45, 7) is 2.60. The number of pyridine rings is 1. The number of carbonyl (C=O) groups excluding carboxylic acids is 2. The van der Waals surface area contributed by atoms with E-state index in [2.05, 4.69) is 0 Å². The molecule has 3 aromatic rings. The number of carboxylic acid groups (broad SMARTS) is 1. The number of carboxylic acids is 1. The van der Waals surface area contributed by atoms with Gasteiger partial charge in [-0.05, 0) is 62.8 Å². The number of amides is 1. The van der Waals surface area contributed by atoms with E-state index >= 15 is 4.39 Å². The van der Waals surface area contributed by atoms with Crippen molar-refractivity contribution in [2.75, 3.05) is 36.0 Å². The minimum atomic E-state index is -1.34. The number of cyclic esters (lactones) is 1. The highest BCUT2D eigenvalue weighted by Gasteiger charge is 2.38. The molecule has 1 aromatic heterocycles. The van der Waals surface area contributed by atoms with E-state index in [1.54, 1.807) is 10.6 Å². The number of rotatable bonds is 9. The van der Waals surface area contributed by atoms with E-state index in [9.17, 15) is 28.7 Å². The number of nitrogens with zero attached hydrogens (tertiary/aromatic N) is 3. The van der Waals surface area contributed by atoms with Gasteiger partial charge in [-0.2, -0.15) is 0 Å². The van der Waals surface area contributed by atoms with Crippen LogP contribution in [0.25, 0.3) is 10.9 Å². The lowest BCUT2D eigenvalue weighted by Crippen LogP contribution is -2.43. The maximum atomic E-state index is 15.3. The number of hydrogen-bond donors (Lipinski definition) is 2. The zero-order valence-corrected chi connectivity index (χ0v) is 24.0. The van der Waals surface area contributed by atoms with Crippen LogP contribution in [0.3, 0.4) is 0 Å². The Morgan fingerprint density at radius 1 is 1.09 bits per heavy atom. The Morgan fingerprint density at radius 3 is 2.45 bits per heavy atom. The van der Waals surface area contributed by atoms with Crippen LogP contribution >= 0.6 is 0 Å². The topological polar surface area (TPSA) is 144 Å². The summed E-state index contributed by atoms with van der Waals surface area (Å²) < 4.78 is 42.9. The van der Waals surface area contributed by atoms with Crippen LogP contribution in [-0.4, -0.2) is 65.9 Å². The zero-order chi connectivity index (χ0) is 31.3. The molecule has 2 atom stereocenters. The molecule has 13 heteroatoms. The van der Waals surface area contributed by atoms with Crippen molar-refractivity contribution in [2.24, 2.45) is 11.7 Å². The van der Waals surface area contributed by atoms with Gasteiger partial charge in [0.05, 0.1) is 30.0 Å². The first kappa shape index (κ1) is 29.5. The molecule has 3 heterocycles. The first-order valence-electron chi connectivity index (χ1n) is 14.5. The number of halogens is 2. The van der Waals surface area contributed by atoms with Crippen molar-refractivity contribution in [2.45, 2.75) is 50.8 Å². The zero-order valence-electron chi connectivity index (χ0n) is 24.0. The number of hydrogen-bond acceptors (Lipinski definition) is 8. The number of piperidine rings is 1. The van der Waals surface area contributed by atoms with Crippen molar-refractivity contribution >= 4 is 40.1 Å². The average Bonchev–Trinajstić information content (AvgIpc) is 3.77. The Hall–Kier alpha value is -4.52. The molecule has 1 aliphatic carbocycles. The SMILES string of the molecule is CC(=O)C(N)C1CN(c2ccc(OCC3CCN(c4cc5c(cc4F)c(=O)c(C(=O)O)cn5C4CC4)CC3)c(F)c2)C(=O)O1. The first-order chi connectivity index (χ1) is 21.0. The van der Waals surface area contributed by atoms with Crippen LogP contribution in [0.15, 0.2) is 41.3 Å². The highest BCUT2D eigenvalue weighted by molar-refractivity contribution is 5.94. The molecule has 1 saturated carbocycles. The van der Waals surface area contributed by atoms with Gasteiger partial charge in [-0.1, -0.05) is 0 Å². The fourth-order valence-corrected chi connectivity index (χ4v) is 5.88. The van der Waals surface area contributed by atoms with E-state index in [1.165, 1.54) is 36.2 Å². The Kier molecular flexibility index (Phi) is 7.74. The fourth-order valence-electron chi connectivity index (χ4n) is 5.88. The van der Waals surface area contributed by atoms with Crippen molar-refractivity contribution in [3.05, 3.63) is 63.9 Å². The molecule has 2 saturated heterocycles. The molecule has 2 aromatic carbocycles. The standard InChI is InChI=1S/C31H32F2N4O7/c1-16(38)28(34)27-14-37(31(42)44-27)19-4-5-26(23(33)10-19)43-15-17-6-8-35(9-7-17)25-12-24-20(11-22(25)32)29(39)21(30(40)41)13-36(24)18-2-3-18/h4-5,10-13,17-18,27-28H,2-3,6-9,14-15,34H2,1H3,(H,40,41). The summed E-state index contributed by atoms with van der Waals surface area (Å²) in [5.74, 6) is -2.79. The van der Waals surface area contributed by atoms with Crippen LogP contribution in [0.5, 0.6) is 5.75 Å². The van der Waals surface area contributed by atoms with Crippen LogP contribution in [0.4, 0.5) is 25.0 Å². The minimum absolute atomic E-state index is 0.0254. The van der Waals surface area contributed by atoms with Crippen LogP contribution < -0.4 is 25.7 Å². The molecule has 0 spiro atoms. The van der Waals surface area contributed by atoms with Crippen molar-refractivity contribution in [1.82, 2.24) is 4.57 Å². The summed E-state index contributed by atoms with van der Waals surface area (Å²) in [6.07, 6.45) is 2.86. The third-order valence-corrected chi connectivity index (χ3v) is 8.63. The molecule has 44 heavy (non-hydrogen) atoms. The number of anilines is 2. The van der Waals surface area contributed by atoms with Crippen LogP contribution in [0.1, 0.15) is 49.0 Å². The summed E-state index contributed by atoms with van der Waals surface area (Å²) >= 11 is 0. The molecule has 3 fully saturated rings. The van der Waals surface area contributed by atoms with E-state index in [0.29, 0.717) is 37.1 Å². The molecular formula is C31H32F2N4O7. The van der Waals surface area contributed by atoms with Gasteiger partial charge in [0, 0.05) is 36.8 Å². The molecule has 232 valence electrons. The van der Waals surface area contributed by atoms with Crippen LogP contribution in [0.2, 0.25) is 0 Å². The third kappa shape index (κ3) is 5.59. The molecule has 0 bridgehead atoms. The first-order valence-corrected chi connectivity index (χ1v) is 14.5. The van der Waals surface area contributed by atoms with Gasteiger partial charge in [0.25, 0.3) is 0 Å². The maximum Gasteiger partial charge on any atom is 0.414 e. The predicted octanol–water partition coefficient (Wildman–Crippen LogP) is 3.85. The Balaban J connectivity index is 1.09. The normalized spacial score (nSPS) is 19.7. The second kappa shape index (κ2) is 11.5. The summed E-state index contributed by atoms with van der Waals surface area (Å²) in [6, 6.07) is 6.03. The van der Waals surface area contributed by atoms with Crippen molar-refractivity contribution in [3.8, 4) is 5.75 Å². The van der Waals surface area contributed by atoms with Gasteiger partial charge in [-0.3, -0.25) is 14.5 Å². The Bertz CT molecular complexity index is 1720. The summed E-state index contributed by atoms with van der Waals surface area (Å²) in [5.41, 5.74) is 5.85. The lowest BCUT2D eigenvalue weighted by Gasteiger charge is -2.34. The molecule has 0 radical (unpaired) electrons. The highest BCUT2D eigenvalue weighted by atomic mass is 19.1. The van der Waals surface area contributed by atoms with E-state index < -0.39 is 41.3 Å². The summed E-state index contributed by atoms with van der Waals surface area (Å²) in [5, 5.41) is 9.52. The minimum Gasteiger partial charge on any atom is -0.490 e. The Morgan fingerprint density at radius 2 is 1.82 bits per heavy atom. The van der Waals surface area contributed by atoms with E-state index in [4.69, 9.17) is 15.2 Å². The average molecular weight is 611 g/mol. The number of carbonyl (C=O) groups is 3. The lowest BCUT2D eigenvalue weighted by atomic mass is 9.97. The highest BCUT2D eigenvalue weighted by Crippen LogP contribution is 2.38. The Labute approximate surface area is 250 Å². The molecular weight excluding hydrogens is 578 g/mol. The molecule has 6 rings (SSSR count). The van der Waals surface area contributed by atoms with Crippen molar-refractivity contribution in [1.29, 1.82) is 0 Å². The summed E-state index contributed by atoms with van der Waals surface area (Å²) in [7, 11) is 0. The maximum absolute atomic E-state index is 15.3. The van der Waals surface area contributed by atoms with Gasteiger partial charge in [0.2, 0.25) is 5.43 Å². The van der Waals surface area contributed by atoms with Gasteiger partial charge in [0.1, 0.15) is 29.3 Å². The predicted molar refractivity (Wildman–Crippen MR) is 156 cm³/mol. The van der Waals surface area contributed by atoms with Crippen molar-refractivity contribution in [3.63, 3.8) is 0 Å². The molecule has 3 N–H and O–H groups in total. The monoisotopic (exact) mass is 610 g/mol. The fraction of sp³-hybridized carbons (Fsp3) is 0.419. The number of ketones is 1. The number of Topliss-reactive ketones (excluding diaryl/α,β-unsaturated/α-hetero) is 1. The molecule has 3 aliphatic rings. The number of aromatic carboxylic acids is 1. The van der Waals surface area contributed by atoms with Crippen LogP contribution in [0, 0.1) is 17.6 Å². The van der Waals surface area contributed by atoms with Crippen molar-refractivity contribution < 1.29 is 37.7 Å².